The van der Waals surface area contributed by atoms with E-state index < -0.39 is 0 Å². The Labute approximate surface area is 136 Å². The second-order valence-corrected chi connectivity index (χ2v) is 5.17. The molecule has 0 aliphatic carbocycles. The van der Waals surface area contributed by atoms with Crippen molar-refractivity contribution in [2.45, 2.75) is 26.3 Å². The van der Waals surface area contributed by atoms with Crippen LogP contribution in [0.15, 0.2) is 10.4 Å². The average molecular weight is 398 g/mol. The van der Waals surface area contributed by atoms with E-state index in [4.69, 9.17) is 4.74 Å². The fourth-order valence-corrected chi connectivity index (χ4v) is 2.20. The van der Waals surface area contributed by atoms with Crippen molar-refractivity contribution in [3.05, 3.63) is 16.1 Å². The van der Waals surface area contributed by atoms with Gasteiger partial charge in [-0.25, -0.2) is 4.98 Å². The molecular weight excluding hydrogens is 375 g/mol. The monoisotopic (exact) mass is 398 g/mol. The van der Waals surface area contributed by atoms with Crippen LogP contribution in [0.1, 0.15) is 17.6 Å². The summed E-state index contributed by atoms with van der Waals surface area (Å²) in [7, 11) is 3.46. The highest BCUT2D eigenvalue weighted by Gasteiger charge is 2.04. The molecule has 7 heteroatoms. The molecule has 0 bridgehead atoms. The lowest BCUT2D eigenvalue weighted by molar-refractivity contribution is 0.179. The van der Waals surface area contributed by atoms with Gasteiger partial charge in [-0.3, -0.25) is 4.99 Å². The SMILES string of the molecule is CN=C(NCCc1csc(C)n1)NC(C)COC.I. The van der Waals surface area contributed by atoms with Gasteiger partial charge in [-0.05, 0) is 13.8 Å². The fraction of sp³-hybridized carbons (Fsp3) is 0.667. The topological polar surface area (TPSA) is 58.5 Å². The molecule has 0 aliphatic rings. The Hall–Kier alpha value is -0.410. The van der Waals surface area contributed by atoms with Crippen LogP contribution in [0.2, 0.25) is 0 Å². The number of thiazole rings is 1. The number of guanidine groups is 1. The van der Waals surface area contributed by atoms with E-state index in [1.165, 1.54) is 0 Å². The molecule has 110 valence electrons. The zero-order valence-corrected chi connectivity index (χ0v) is 15.0. The van der Waals surface area contributed by atoms with Crippen molar-refractivity contribution in [3.8, 4) is 0 Å². The second-order valence-electron chi connectivity index (χ2n) is 4.11. The summed E-state index contributed by atoms with van der Waals surface area (Å²) in [5, 5.41) is 9.73. The minimum Gasteiger partial charge on any atom is -0.383 e. The Morgan fingerprint density at radius 3 is 2.84 bits per heavy atom. The maximum Gasteiger partial charge on any atom is 0.191 e. The molecule has 1 rings (SSSR count). The van der Waals surface area contributed by atoms with Crippen LogP contribution < -0.4 is 10.6 Å². The molecule has 0 fully saturated rings. The van der Waals surface area contributed by atoms with Crippen LogP contribution in [0.25, 0.3) is 0 Å². The average Bonchev–Trinajstić information content (AvgIpc) is 2.74. The smallest absolute Gasteiger partial charge is 0.191 e. The number of ether oxygens (including phenoxy) is 1. The summed E-state index contributed by atoms with van der Waals surface area (Å²) < 4.78 is 5.07. The Balaban J connectivity index is 0.00000324. The number of rotatable bonds is 6. The van der Waals surface area contributed by atoms with Gasteiger partial charge in [0.15, 0.2) is 5.96 Å². The van der Waals surface area contributed by atoms with E-state index in [1.54, 1.807) is 25.5 Å². The summed E-state index contributed by atoms with van der Waals surface area (Å²) in [4.78, 5) is 8.59. The molecule has 0 aliphatic heterocycles. The fourth-order valence-electron chi connectivity index (χ4n) is 1.55. The highest BCUT2D eigenvalue weighted by Crippen LogP contribution is 2.07. The van der Waals surface area contributed by atoms with E-state index >= 15 is 0 Å². The summed E-state index contributed by atoms with van der Waals surface area (Å²) in [5.74, 6) is 0.798. The third-order valence-electron chi connectivity index (χ3n) is 2.36. The third-order valence-corrected chi connectivity index (χ3v) is 3.19. The van der Waals surface area contributed by atoms with Gasteiger partial charge in [0.25, 0.3) is 0 Å². The van der Waals surface area contributed by atoms with E-state index in [2.05, 4.69) is 32.9 Å². The standard InChI is InChI=1S/C12H22N4OS.HI/c1-9(7-17-4)15-12(13-3)14-6-5-11-8-18-10(2)16-11;/h8-9H,5-7H2,1-4H3,(H2,13,14,15);1H. The number of hydrogen-bond acceptors (Lipinski definition) is 4. The number of aliphatic imine (C=N–C) groups is 1. The van der Waals surface area contributed by atoms with Gasteiger partial charge in [0.05, 0.1) is 17.3 Å². The minimum absolute atomic E-state index is 0. The van der Waals surface area contributed by atoms with Crippen molar-refractivity contribution in [2.75, 3.05) is 27.3 Å². The van der Waals surface area contributed by atoms with Gasteiger partial charge in [-0.1, -0.05) is 0 Å². The quantitative estimate of drug-likeness (QED) is 0.436. The van der Waals surface area contributed by atoms with Crippen LogP contribution in [0.3, 0.4) is 0 Å². The van der Waals surface area contributed by atoms with Crippen molar-refractivity contribution < 1.29 is 4.74 Å². The van der Waals surface area contributed by atoms with Gasteiger partial charge >= 0.3 is 0 Å². The molecule has 1 atom stereocenters. The first-order valence-corrected chi connectivity index (χ1v) is 6.90. The van der Waals surface area contributed by atoms with E-state index in [1.807, 2.05) is 6.92 Å². The summed E-state index contributed by atoms with van der Waals surface area (Å²) in [5.41, 5.74) is 1.13. The third kappa shape index (κ3) is 7.68. The summed E-state index contributed by atoms with van der Waals surface area (Å²) >= 11 is 1.68. The van der Waals surface area contributed by atoms with Gasteiger partial charge in [-0.2, -0.15) is 0 Å². The molecule has 1 aromatic rings. The summed E-state index contributed by atoms with van der Waals surface area (Å²) in [6.07, 6.45) is 0.906. The lowest BCUT2D eigenvalue weighted by atomic mass is 10.3. The molecule has 1 heterocycles. The molecule has 0 radical (unpaired) electrons. The number of nitrogens with one attached hydrogen (secondary N) is 2. The zero-order valence-electron chi connectivity index (χ0n) is 11.9. The number of nitrogens with zero attached hydrogens (tertiary/aromatic N) is 2. The molecule has 2 N–H and O–H groups in total. The molecule has 0 spiro atoms. The summed E-state index contributed by atoms with van der Waals surface area (Å²) in [6.45, 7) is 5.56. The lowest BCUT2D eigenvalue weighted by Gasteiger charge is -2.16. The van der Waals surface area contributed by atoms with Gasteiger partial charge in [0, 0.05) is 38.5 Å². The first-order valence-electron chi connectivity index (χ1n) is 6.02. The molecule has 1 unspecified atom stereocenters. The maximum absolute atomic E-state index is 5.07. The Morgan fingerprint density at radius 2 is 2.32 bits per heavy atom. The molecule has 0 saturated carbocycles. The van der Waals surface area contributed by atoms with Gasteiger partial charge in [0.1, 0.15) is 0 Å². The number of halogens is 1. The van der Waals surface area contributed by atoms with Gasteiger partial charge in [0.2, 0.25) is 0 Å². The number of aryl methyl sites for hydroxylation is 1. The predicted octanol–water partition coefficient (Wildman–Crippen LogP) is 1.81. The van der Waals surface area contributed by atoms with Crippen molar-refractivity contribution in [1.29, 1.82) is 0 Å². The molecule has 1 aromatic heterocycles. The first kappa shape index (κ1) is 18.6. The minimum atomic E-state index is 0. The predicted molar refractivity (Wildman–Crippen MR) is 91.8 cm³/mol. The molecule has 19 heavy (non-hydrogen) atoms. The first-order chi connectivity index (χ1) is 8.65. The molecule has 5 nitrogen and oxygen atoms in total. The second kappa shape index (κ2) is 10.4. The largest absolute Gasteiger partial charge is 0.383 e. The van der Waals surface area contributed by atoms with Crippen LogP contribution >= 0.6 is 35.3 Å². The Kier molecular flexibility index (Phi) is 10.2. The van der Waals surface area contributed by atoms with E-state index in [-0.39, 0.29) is 30.0 Å². The van der Waals surface area contributed by atoms with Gasteiger partial charge < -0.3 is 15.4 Å². The van der Waals surface area contributed by atoms with E-state index in [0.717, 1.165) is 29.6 Å². The maximum atomic E-state index is 5.07. The van der Waals surface area contributed by atoms with Crippen molar-refractivity contribution in [3.63, 3.8) is 0 Å². The highest BCUT2D eigenvalue weighted by atomic mass is 127. The number of aromatic nitrogens is 1. The molecule has 0 amide bonds. The highest BCUT2D eigenvalue weighted by molar-refractivity contribution is 14.0. The zero-order chi connectivity index (χ0) is 13.4. The molecule has 0 saturated heterocycles. The Bertz CT molecular complexity index is 384. The van der Waals surface area contributed by atoms with Crippen LogP contribution in [0, 0.1) is 6.92 Å². The van der Waals surface area contributed by atoms with Crippen LogP contribution in [0.5, 0.6) is 0 Å². The van der Waals surface area contributed by atoms with Crippen LogP contribution in [-0.4, -0.2) is 44.3 Å². The van der Waals surface area contributed by atoms with E-state index in [9.17, 15) is 0 Å². The molecular formula is C12H23IN4OS. The van der Waals surface area contributed by atoms with Crippen molar-refractivity contribution in [2.24, 2.45) is 4.99 Å². The normalized spacial score (nSPS) is 12.7. The number of methoxy groups -OCH3 is 1. The van der Waals surface area contributed by atoms with E-state index in [0.29, 0.717) is 6.61 Å². The molecule has 0 aromatic carbocycles. The van der Waals surface area contributed by atoms with Gasteiger partial charge in [-0.15, -0.1) is 35.3 Å². The summed E-state index contributed by atoms with van der Waals surface area (Å²) in [6, 6.07) is 0.239. The Morgan fingerprint density at radius 1 is 1.58 bits per heavy atom. The van der Waals surface area contributed by atoms with Crippen molar-refractivity contribution in [1.82, 2.24) is 15.6 Å². The number of hydrogen-bond donors (Lipinski definition) is 2. The lowest BCUT2D eigenvalue weighted by Crippen LogP contribution is -2.44. The van der Waals surface area contributed by atoms with Crippen LogP contribution in [0.4, 0.5) is 0 Å². The van der Waals surface area contributed by atoms with Crippen LogP contribution in [-0.2, 0) is 11.2 Å². The van der Waals surface area contributed by atoms with Crippen molar-refractivity contribution >= 4 is 41.3 Å².